The largest absolute Gasteiger partial charge is 0.488 e. The van der Waals surface area contributed by atoms with Crippen molar-refractivity contribution in [3.8, 4) is 11.6 Å². The zero-order valence-corrected chi connectivity index (χ0v) is 14.6. The summed E-state index contributed by atoms with van der Waals surface area (Å²) in [5.41, 5.74) is 1.46. The van der Waals surface area contributed by atoms with E-state index < -0.39 is 0 Å². The SMILES string of the molecule is COc1nccc2c(OCc3cc(F)cc(SC4CC4)c3)ccnc12. The minimum Gasteiger partial charge on any atom is -0.488 e. The van der Waals surface area contributed by atoms with Crippen LogP contribution < -0.4 is 9.47 Å². The van der Waals surface area contributed by atoms with Crippen LogP contribution in [0.15, 0.2) is 47.6 Å². The highest BCUT2D eigenvalue weighted by Gasteiger charge is 2.22. The number of hydrogen-bond donors (Lipinski definition) is 0. The van der Waals surface area contributed by atoms with Crippen LogP contribution in [0.4, 0.5) is 4.39 Å². The Morgan fingerprint density at radius 2 is 2.00 bits per heavy atom. The molecule has 4 nitrogen and oxygen atoms in total. The minimum absolute atomic E-state index is 0.227. The van der Waals surface area contributed by atoms with Gasteiger partial charge in [0, 0.05) is 27.9 Å². The van der Waals surface area contributed by atoms with E-state index in [9.17, 15) is 4.39 Å². The summed E-state index contributed by atoms with van der Waals surface area (Å²) in [4.78, 5) is 9.42. The van der Waals surface area contributed by atoms with Crippen LogP contribution >= 0.6 is 11.8 Å². The fourth-order valence-corrected chi connectivity index (χ4v) is 3.77. The summed E-state index contributed by atoms with van der Waals surface area (Å²) in [6, 6.07) is 8.73. The standard InChI is InChI=1S/C19H17FN2O2S/c1-23-19-18-16(4-6-22-19)17(5-7-21-18)24-11-12-8-13(20)10-15(9-12)25-14-2-3-14/h4-10,14H,2-3,11H2,1H3. The van der Waals surface area contributed by atoms with Crippen molar-refractivity contribution in [2.75, 3.05) is 7.11 Å². The van der Waals surface area contributed by atoms with E-state index in [1.807, 2.05) is 12.1 Å². The fraction of sp³-hybridized carbons (Fsp3) is 0.263. The first kappa shape index (κ1) is 16.1. The van der Waals surface area contributed by atoms with Gasteiger partial charge >= 0.3 is 0 Å². The molecule has 6 heteroatoms. The number of methoxy groups -OCH3 is 1. The van der Waals surface area contributed by atoms with E-state index >= 15 is 0 Å². The maximum absolute atomic E-state index is 13.9. The van der Waals surface area contributed by atoms with Crippen molar-refractivity contribution < 1.29 is 13.9 Å². The number of pyridine rings is 2. The lowest BCUT2D eigenvalue weighted by atomic mass is 10.2. The fourth-order valence-electron chi connectivity index (χ4n) is 2.61. The topological polar surface area (TPSA) is 44.2 Å². The van der Waals surface area contributed by atoms with Crippen LogP contribution in [0.3, 0.4) is 0 Å². The molecular formula is C19H17FN2O2S. The Labute approximate surface area is 149 Å². The first-order valence-corrected chi connectivity index (χ1v) is 8.97. The molecule has 2 heterocycles. The lowest BCUT2D eigenvalue weighted by molar-refractivity contribution is 0.308. The van der Waals surface area contributed by atoms with Crippen LogP contribution in [0.5, 0.6) is 11.6 Å². The van der Waals surface area contributed by atoms with Gasteiger partial charge in [-0.15, -0.1) is 11.8 Å². The molecule has 0 unspecified atom stereocenters. The van der Waals surface area contributed by atoms with Gasteiger partial charge in [-0.05, 0) is 48.7 Å². The molecule has 25 heavy (non-hydrogen) atoms. The number of nitrogens with zero attached hydrogens (tertiary/aromatic N) is 2. The van der Waals surface area contributed by atoms with Gasteiger partial charge in [-0.3, -0.25) is 4.98 Å². The summed E-state index contributed by atoms with van der Waals surface area (Å²) in [6.07, 6.45) is 5.74. The summed E-state index contributed by atoms with van der Waals surface area (Å²) in [5.74, 6) is 0.901. The number of benzene rings is 1. The Morgan fingerprint density at radius 1 is 1.16 bits per heavy atom. The first-order chi connectivity index (χ1) is 12.2. The van der Waals surface area contributed by atoms with Gasteiger partial charge in [-0.1, -0.05) is 0 Å². The second-order valence-corrected chi connectivity index (χ2v) is 7.30. The molecule has 0 aliphatic heterocycles. The third kappa shape index (κ3) is 3.69. The van der Waals surface area contributed by atoms with Crippen LogP contribution in [0, 0.1) is 5.82 Å². The van der Waals surface area contributed by atoms with Gasteiger partial charge < -0.3 is 9.47 Å². The molecule has 1 aromatic carbocycles. The van der Waals surface area contributed by atoms with E-state index in [0.29, 0.717) is 29.0 Å². The number of rotatable bonds is 6. The highest BCUT2D eigenvalue weighted by molar-refractivity contribution is 8.00. The zero-order valence-electron chi connectivity index (χ0n) is 13.7. The quantitative estimate of drug-likeness (QED) is 0.645. The number of halogens is 1. The normalized spacial score (nSPS) is 13.8. The summed E-state index contributed by atoms with van der Waals surface area (Å²) in [6.45, 7) is 0.291. The summed E-state index contributed by atoms with van der Waals surface area (Å²) in [5, 5.41) is 1.46. The third-order valence-corrected chi connectivity index (χ3v) is 5.24. The predicted octanol–water partition coefficient (Wildman–Crippen LogP) is 4.61. The van der Waals surface area contributed by atoms with Crippen LogP contribution in [0.2, 0.25) is 0 Å². The van der Waals surface area contributed by atoms with E-state index in [-0.39, 0.29) is 5.82 Å². The molecule has 3 aromatic rings. The van der Waals surface area contributed by atoms with Crippen molar-refractivity contribution in [1.29, 1.82) is 0 Å². The van der Waals surface area contributed by atoms with Crippen LogP contribution in [-0.2, 0) is 6.61 Å². The molecule has 0 radical (unpaired) electrons. The maximum atomic E-state index is 13.9. The Kier molecular flexibility index (Phi) is 4.44. The van der Waals surface area contributed by atoms with Gasteiger partial charge in [-0.2, -0.15) is 0 Å². The monoisotopic (exact) mass is 356 g/mol. The zero-order chi connectivity index (χ0) is 17.2. The number of hydrogen-bond acceptors (Lipinski definition) is 5. The van der Waals surface area contributed by atoms with Gasteiger partial charge in [0.05, 0.1) is 7.11 Å². The second-order valence-electron chi connectivity index (χ2n) is 5.93. The highest BCUT2D eigenvalue weighted by atomic mass is 32.2. The van der Waals surface area contributed by atoms with E-state index in [2.05, 4.69) is 9.97 Å². The van der Waals surface area contributed by atoms with Crippen molar-refractivity contribution >= 4 is 22.7 Å². The average Bonchev–Trinajstić information content (AvgIpc) is 3.43. The van der Waals surface area contributed by atoms with Gasteiger partial charge in [0.25, 0.3) is 0 Å². The second kappa shape index (κ2) is 6.88. The van der Waals surface area contributed by atoms with Crippen LogP contribution in [0.25, 0.3) is 10.9 Å². The van der Waals surface area contributed by atoms with Gasteiger partial charge in [0.15, 0.2) is 0 Å². The Balaban J connectivity index is 1.57. The maximum Gasteiger partial charge on any atom is 0.240 e. The smallest absolute Gasteiger partial charge is 0.240 e. The lowest BCUT2D eigenvalue weighted by Gasteiger charge is -2.11. The third-order valence-electron chi connectivity index (χ3n) is 3.93. The average molecular weight is 356 g/mol. The molecule has 0 amide bonds. The molecule has 0 bridgehead atoms. The molecule has 1 aliphatic carbocycles. The van der Waals surface area contributed by atoms with Crippen molar-refractivity contribution in [1.82, 2.24) is 9.97 Å². The minimum atomic E-state index is -0.227. The molecule has 1 aliphatic rings. The van der Waals surface area contributed by atoms with Crippen molar-refractivity contribution in [2.45, 2.75) is 29.6 Å². The van der Waals surface area contributed by atoms with Crippen LogP contribution in [-0.4, -0.2) is 22.3 Å². The molecule has 0 atom stereocenters. The molecule has 1 saturated carbocycles. The predicted molar refractivity (Wildman–Crippen MR) is 95.7 cm³/mol. The first-order valence-electron chi connectivity index (χ1n) is 8.09. The summed E-state index contributed by atoms with van der Waals surface area (Å²) < 4.78 is 25.0. The Bertz CT molecular complexity index is 915. The van der Waals surface area contributed by atoms with Crippen molar-refractivity contribution in [3.05, 3.63) is 54.1 Å². The van der Waals surface area contributed by atoms with E-state index in [0.717, 1.165) is 15.8 Å². The molecule has 1 fully saturated rings. The number of aromatic nitrogens is 2. The van der Waals surface area contributed by atoms with Crippen molar-refractivity contribution in [2.24, 2.45) is 0 Å². The Hall–Kier alpha value is -2.34. The lowest BCUT2D eigenvalue weighted by Crippen LogP contribution is -1.99. The molecule has 0 N–H and O–H groups in total. The number of ether oxygens (including phenoxy) is 2. The Morgan fingerprint density at radius 3 is 2.80 bits per heavy atom. The molecule has 0 saturated heterocycles. The highest BCUT2D eigenvalue weighted by Crippen LogP contribution is 2.39. The molecule has 4 rings (SSSR count). The summed E-state index contributed by atoms with van der Waals surface area (Å²) in [7, 11) is 1.56. The molecule has 0 spiro atoms. The summed E-state index contributed by atoms with van der Waals surface area (Å²) >= 11 is 1.74. The number of fused-ring (bicyclic) bond motifs is 1. The molecule has 128 valence electrons. The molecular weight excluding hydrogens is 339 g/mol. The molecule has 2 aromatic heterocycles. The van der Waals surface area contributed by atoms with E-state index in [1.165, 1.54) is 18.9 Å². The van der Waals surface area contributed by atoms with E-state index in [1.54, 1.807) is 43.4 Å². The van der Waals surface area contributed by atoms with Crippen LogP contribution in [0.1, 0.15) is 18.4 Å². The van der Waals surface area contributed by atoms with E-state index in [4.69, 9.17) is 9.47 Å². The number of thioether (sulfide) groups is 1. The van der Waals surface area contributed by atoms with Crippen molar-refractivity contribution in [3.63, 3.8) is 0 Å². The van der Waals surface area contributed by atoms with Gasteiger partial charge in [0.1, 0.15) is 23.7 Å². The van der Waals surface area contributed by atoms with Gasteiger partial charge in [-0.25, -0.2) is 9.37 Å². The van der Waals surface area contributed by atoms with Gasteiger partial charge in [0.2, 0.25) is 5.88 Å².